The summed E-state index contributed by atoms with van der Waals surface area (Å²) in [5.41, 5.74) is 1.96. The number of rotatable bonds is 6. The predicted octanol–water partition coefficient (Wildman–Crippen LogP) is 3.53. The Bertz CT molecular complexity index is 517. The molecule has 1 atom stereocenters. The summed E-state index contributed by atoms with van der Waals surface area (Å²) in [4.78, 5) is 4.23. The van der Waals surface area contributed by atoms with Crippen LogP contribution in [0.15, 0.2) is 48.7 Å². The van der Waals surface area contributed by atoms with Crippen molar-refractivity contribution in [2.45, 2.75) is 26.1 Å². The minimum Gasteiger partial charge on any atom is -0.435 e. The van der Waals surface area contributed by atoms with Gasteiger partial charge in [-0.15, -0.1) is 0 Å². The van der Waals surface area contributed by atoms with Crippen molar-refractivity contribution < 1.29 is 13.5 Å². The van der Waals surface area contributed by atoms with Crippen LogP contribution in [0.2, 0.25) is 0 Å². The number of alkyl halides is 2. The largest absolute Gasteiger partial charge is 0.435 e. The lowest BCUT2D eigenvalue weighted by Gasteiger charge is -2.14. The molecule has 0 amide bonds. The fourth-order valence-electron chi connectivity index (χ4n) is 1.82. The lowest BCUT2D eigenvalue weighted by atomic mass is 10.1. The van der Waals surface area contributed by atoms with E-state index < -0.39 is 6.61 Å². The van der Waals surface area contributed by atoms with E-state index in [0.717, 1.165) is 11.3 Å². The van der Waals surface area contributed by atoms with E-state index in [2.05, 4.69) is 15.0 Å². The van der Waals surface area contributed by atoms with Gasteiger partial charge in [-0.05, 0) is 36.8 Å². The average molecular weight is 278 g/mol. The quantitative estimate of drug-likeness (QED) is 0.877. The molecule has 106 valence electrons. The molecule has 1 aromatic carbocycles. The molecular weight excluding hydrogens is 262 g/mol. The maximum absolute atomic E-state index is 12.0. The van der Waals surface area contributed by atoms with Gasteiger partial charge < -0.3 is 10.1 Å². The normalized spacial score (nSPS) is 12.4. The third-order valence-corrected chi connectivity index (χ3v) is 2.92. The Morgan fingerprint density at radius 1 is 1.15 bits per heavy atom. The summed E-state index contributed by atoms with van der Waals surface area (Å²) >= 11 is 0. The first-order valence-corrected chi connectivity index (χ1v) is 6.33. The third kappa shape index (κ3) is 4.28. The summed E-state index contributed by atoms with van der Waals surface area (Å²) in [5, 5.41) is 3.32. The minimum atomic E-state index is -2.79. The van der Waals surface area contributed by atoms with Crippen molar-refractivity contribution in [2.24, 2.45) is 0 Å². The minimum absolute atomic E-state index is 0.0950. The number of ether oxygens (including phenoxy) is 1. The number of nitrogens with zero attached hydrogens (tertiary/aromatic N) is 1. The van der Waals surface area contributed by atoms with Crippen LogP contribution in [-0.2, 0) is 6.54 Å². The Morgan fingerprint density at radius 3 is 2.50 bits per heavy atom. The average Bonchev–Trinajstić information content (AvgIpc) is 2.46. The van der Waals surface area contributed by atoms with Crippen LogP contribution in [0.1, 0.15) is 24.2 Å². The molecule has 1 unspecified atom stereocenters. The number of aromatic nitrogens is 1. The van der Waals surface area contributed by atoms with Crippen molar-refractivity contribution in [1.82, 2.24) is 10.3 Å². The van der Waals surface area contributed by atoms with Crippen molar-refractivity contribution in [2.75, 3.05) is 0 Å². The molecule has 20 heavy (non-hydrogen) atoms. The van der Waals surface area contributed by atoms with Gasteiger partial charge in [0.15, 0.2) is 0 Å². The lowest BCUT2D eigenvalue weighted by molar-refractivity contribution is -0.0498. The highest BCUT2D eigenvalue weighted by atomic mass is 19.3. The molecule has 1 N–H and O–H groups in total. The fraction of sp³-hybridized carbons (Fsp3) is 0.267. The summed E-state index contributed by atoms with van der Waals surface area (Å²) in [6.45, 7) is -0.135. The predicted molar refractivity (Wildman–Crippen MR) is 72.6 cm³/mol. The Morgan fingerprint density at radius 2 is 1.90 bits per heavy atom. The van der Waals surface area contributed by atoms with E-state index >= 15 is 0 Å². The molecule has 0 spiro atoms. The van der Waals surface area contributed by atoms with Crippen molar-refractivity contribution in [3.8, 4) is 5.75 Å². The fourth-order valence-corrected chi connectivity index (χ4v) is 1.82. The Labute approximate surface area is 116 Å². The van der Waals surface area contributed by atoms with Gasteiger partial charge in [-0.25, -0.2) is 0 Å². The molecule has 0 aliphatic rings. The van der Waals surface area contributed by atoms with Crippen LogP contribution in [-0.4, -0.2) is 11.6 Å². The molecule has 3 nitrogen and oxygen atoms in total. The van der Waals surface area contributed by atoms with Gasteiger partial charge in [0.05, 0.1) is 5.69 Å². The van der Waals surface area contributed by atoms with Crippen LogP contribution >= 0.6 is 0 Å². The first kappa shape index (κ1) is 14.4. The van der Waals surface area contributed by atoms with Crippen molar-refractivity contribution in [3.05, 3.63) is 59.9 Å². The molecule has 2 aromatic rings. The van der Waals surface area contributed by atoms with Gasteiger partial charge in [0.2, 0.25) is 0 Å². The summed E-state index contributed by atoms with van der Waals surface area (Å²) in [6.07, 6.45) is 1.75. The molecule has 2 rings (SSSR count). The Kier molecular flexibility index (Phi) is 5.01. The van der Waals surface area contributed by atoms with Gasteiger partial charge in [0, 0.05) is 18.8 Å². The first-order valence-electron chi connectivity index (χ1n) is 6.33. The van der Waals surface area contributed by atoms with E-state index in [4.69, 9.17) is 0 Å². The molecule has 0 radical (unpaired) electrons. The highest BCUT2D eigenvalue weighted by molar-refractivity contribution is 5.29. The number of nitrogens with one attached hydrogen (secondary N) is 1. The van der Waals surface area contributed by atoms with E-state index in [0.29, 0.717) is 6.54 Å². The molecule has 0 aliphatic carbocycles. The monoisotopic (exact) mass is 278 g/mol. The van der Waals surface area contributed by atoms with Gasteiger partial charge >= 0.3 is 6.61 Å². The first-order chi connectivity index (χ1) is 9.65. The Balaban J connectivity index is 1.90. The second-order valence-corrected chi connectivity index (χ2v) is 4.37. The molecule has 0 fully saturated rings. The zero-order chi connectivity index (χ0) is 14.4. The van der Waals surface area contributed by atoms with E-state index in [9.17, 15) is 8.78 Å². The summed E-state index contributed by atoms with van der Waals surface area (Å²) in [7, 11) is 0. The van der Waals surface area contributed by atoms with Crippen molar-refractivity contribution in [1.29, 1.82) is 0 Å². The smallest absolute Gasteiger partial charge is 0.387 e. The zero-order valence-corrected chi connectivity index (χ0v) is 11.1. The number of benzene rings is 1. The number of hydrogen-bond donors (Lipinski definition) is 1. The van der Waals surface area contributed by atoms with Crippen LogP contribution in [0, 0.1) is 0 Å². The van der Waals surface area contributed by atoms with Crippen LogP contribution in [0.4, 0.5) is 8.78 Å². The lowest BCUT2D eigenvalue weighted by Crippen LogP contribution is -2.18. The molecule has 0 bridgehead atoms. The van der Waals surface area contributed by atoms with Gasteiger partial charge in [-0.2, -0.15) is 8.78 Å². The molecule has 1 aromatic heterocycles. The number of pyridine rings is 1. The molecule has 5 heteroatoms. The van der Waals surface area contributed by atoms with E-state index in [-0.39, 0.29) is 11.8 Å². The van der Waals surface area contributed by atoms with Crippen molar-refractivity contribution in [3.63, 3.8) is 0 Å². The summed E-state index contributed by atoms with van der Waals surface area (Å²) in [6, 6.07) is 12.5. The highest BCUT2D eigenvalue weighted by Crippen LogP contribution is 2.19. The molecule has 0 aliphatic heterocycles. The maximum atomic E-state index is 12.0. The summed E-state index contributed by atoms with van der Waals surface area (Å²) in [5.74, 6) is 0.167. The van der Waals surface area contributed by atoms with Crippen LogP contribution in [0.5, 0.6) is 5.75 Å². The highest BCUT2D eigenvalue weighted by Gasteiger charge is 2.07. The van der Waals surface area contributed by atoms with Crippen molar-refractivity contribution >= 4 is 0 Å². The topological polar surface area (TPSA) is 34.2 Å². The maximum Gasteiger partial charge on any atom is 0.387 e. The van der Waals surface area contributed by atoms with E-state index in [1.165, 1.54) is 0 Å². The van der Waals surface area contributed by atoms with Crippen LogP contribution in [0.25, 0.3) is 0 Å². The third-order valence-electron chi connectivity index (χ3n) is 2.92. The Hall–Kier alpha value is -2.01. The molecule has 0 saturated carbocycles. The number of halogens is 2. The SMILES string of the molecule is CC(NCc1ccccn1)c1ccc(OC(F)F)cc1. The molecular formula is C15H16F2N2O. The summed E-state index contributed by atoms with van der Waals surface area (Å²) < 4.78 is 28.4. The molecule has 0 saturated heterocycles. The van der Waals surface area contributed by atoms with Gasteiger partial charge in [-0.3, -0.25) is 4.98 Å². The van der Waals surface area contributed by atoms with Gasteiger partial charge in [0.1, 0.15) is 5.75 Å². The second-order valence-electron chi connectivity index (χ2n) is 4.37. The molecule has 1 heterocycles. The zero-order valence-electron chi connectivity index (χ0n) is 11.1. The van der Waals surface area contributed by atoms with E-state index in [1.54, 1.807) is 30.5 Å². The van der Waals surface area contributed by atoms with Crippen LogP contribution < -0.4 is 10.1 Å². The van der Waals surface area contributed by atoms with E-state index in [1.807, 2.05) is 25.1 Å². The standard InChI is InChI=1S/C15H16F2N2O/c1-11(19-10-13-4-2-3-9-18-13)12-5-7-14(8-6-12)20-15(16)17/h2-9,11,15,19H,10H2,1H3. The van der Waals surface area contributed by atoms with Gasteiger partial charge in [0.25, 0.3) is 0 Å². The number of hydrogen-bond acceptors (Lipinski definition) is 3. The van der Waals surface area contributed by atoms with Gasteiger partial charge in [-0.1, -0.05) is 18.2 Å². The van der Waals surface area contributed by atoms with Crippen LogP contribution in [0.3, 0.4) is 0 Å². The second kappa shape index (κ2) is 6.96.